The molecule has 0 saturated heterocycles. The summed E-state index contributed by atoms with van der Waals surface area (Å²) in [5.74, 6) is -3.32. The van der Waals surface area contributed by atoms with E-state index in [2.05, 4.69) is 0 Å². The minimum atomic E-state index is -1.42. The molecule has 0 saturated carbocycles. The van der Waals surface area contributed by atoms with Gasteiger partial charge in [0.05, 0.1) is 11.7 Å². The van der Waals surface area contributed by atoms with Gasteiger partial charge in [-0.1, -0.05) is 12.1 Å². The third-order valence-electron chi connectivity index (χ3n) is 4.95. The van der Waals surface area contributed by atoms with Gasteiger partial charge in [-0.25, -0.2) is 0 Å². The summed E-state index contributed by atoms with van der Waals surface area (Å²) in [4.78, 5) is 13.1. The molecule has 7 nitrogen and oxygen atoms in total. The third-order valence-corrected chi connectivity index (χ3v) is 4.95. The molecule has 0 bridgehead atoms. The van der Waals surface area contributed by atoms with Gasteiger partial charge in [-0.2, -0.15) is 0 Å². The van der Waals surface area contributed by atoms with Crippen LogP contribution in [0.3, 0.4) is 0 Å². The molecule has 0 spiro atoms. The Labute approximate surface area is 159 Å². The molecule has 0 amide bonds. The Kier molecular flexibility index (Phi) is 3.90. The zero-order valence-electron chi connectivity index (χ0n) is 14.4. The molecule has 2 atom stereocenters. The maximum atomic E-state index is 13.1. The number of aromatic hydroxyl groups is 5. The predicted octanol–water partition coefficient (Wildman–Crippen LogP) is 2.62. The zero-order valence-corrected chi connectivity index (χ0v) is 14.4. The summed E-state index contributed by atoms with van der Waals surface area (Å²) in [6.45, 7) is 0. The van der Waals surface area contributed by atoms with Crippen LogP contribution in [0.15, 0.2) is 48.5 Å². The third kappa shape index (κ3) is 2.60. The van der Waals surface area contributed by atoms with E-state index in [1.807, 2.05) is 0 Å². The van der Waals surface area contributed by atoms with Gasteiger partial charge < -0.3 is 30.6 Å². The van der Waals surface area contributed by atoms with Crippen molar-refractivity contribution >= 4 is 5.78 Å². The number of hydrogen-bond acceptors (Lipinski definition) is 7. The van der Waals surface area contributed by atoms with Gasteiger partial charge in [0.1, 0.15) is 28.7 Å². The van der Waals surface area contributed by atoms with Crippen molar-refractivity contribution in [2.45, 2.75) is 12.0 Å². The highest BCUT2D eigenvalue weighted by Crippen LogP contribution is 2.49. The normalized spacial score (nSPS) is 18.2. The van der Waals surface area contributed by atoms with Crippen molar-refractivity contribution in [1.82, 2.24) is 0 Å². The van der Waals surface area contributed by atoms with Crippen LogP contribution < -0.4 is 0 Å². The fourth-order valence-corrected chi connectivity index (χ4v) is 3.75. The molecule has 0 fully saturated rings. The molecule has 0 heterocycles. The van der Waals surface area contributed by atoms with E-state index in [0.29, 0.717) is 5.56 Å². The second-order valence-electron chi connectivity index (χ2n) is 6.70. The van der Waals surface area contributed by atoms with E-state index >= 15 is 0 Å². The number of ketones is 1. The van der Waals surface area contributed by atoms with Crippen LogP contribution in [-0.2, 0) is 0 Å². The van der Waals surface area contributed by atoms with E-state index in [4.69, 9.17) is 0 Å². The van der Waals surface area contributed by atoms with Crippen LogP contribution in [0.25, 0.3) is 0 Å². The number of carbonyl (C=O) groups is 1. The first kappa shape index (κ1) is 17.7. The van der Waals surface area contributed by atoms with Crippen molar-refractivity contribution in [3.05, 3.63) is 76.3 Å². The lowest BCUT2D eigenvalue weighted by Gasteiger charge is -2.25. The van der Waals surface area contributed by atoms with E-state index < -0.39 is 29.3 Å². The second kappa shape index (κ2) is 6.17. The van der Waals surface area contributed by atoms with E-state index in [1.165, 1.54) is 30.3 Å². The fraction of sp³-hybridized carbons (Fsp3) is 0.0952. The maximum Gasteiger partial charge on any atom is 0.197 e. The molecule has 3 aromatic rings. The molecule has 0 aromatic heterocycles. The number of aliphatic hydroxyl groups excluding tert-OH is 1. The smallest absolute Gasteiger partial charge is 0.197 e. The predicted molar refractivity (Wildman–Crippen MR) is 97.9 cm³/mol. The summed E-state index contributed by atoms with van der Waals surface area (Å²) in [5, 5.41) is 61.2. The van der Waals surface area contributed by atoms with Crippen LogP contribution in [0.5, 0.6) is 28.7 Å². The maximum absolute atomic E-state index is 13.1. The SMILES string of the molecule is O=C1c2cc(O)cc(O)c2[C@@H](c2ccc(O)cc2)[C@@H](O)c2cc(O)cc(O)c21. The molecule has 6 N–H and O–H groups in total. The van der Waals surface area contributed by atoms with Gasteiger partial charge in [0.25, 0.3) is 0 Å². The van der Waals surface area contributed by atoms with Crippen LogP contribution in [0, 0.1) is 0 Å². The Hall–Kier alpha value is -3.71. The first-order valence-corrected chi connectivity index (χ1v) is 8.41. The van der Waals surface area contributed by atoms with E-state index in [0.717, 1.165) is 18.2 Å². The molecule has 3 aromatic carbocycles. The minimum absolute atomic E-state index is 0.00576. The van der Waals surface area contributed by atoms with Gasteiger partial charge in [-0.3, -0.25) is 4.79 Å². The van der Waals surface area contributed by atoms with Gasteiger partial charge in [-0.15, -0.1) is 0 Å². The highest BCUT2D eigenvalue weighted by atomic mass is 16.3. The topological polar surface area (TPSA) is 138 Å². The van der Waals surface area contributed by atoms with Crippen LogP contribution in [-0.4, -0.2) is 36.4 Å². The first-order chi connectivity index (χ1) is 13.3. The molecule has 0 radical (unpaired) electrons. The average Bonchev–Trinajstić information content (AvgIpc) is 2.71. The lowest BCUT2D eigenvalue weighted by atomic mass is 9.82. The highest BCUT2D eigenvalue weighted by molar-refractivity contribution is 6.14. The number of rotatable bonds is 1. The Morgan fingerprint density at radius 1 is 0.714 bits per heavy atom. The first-order valence-electron chi connectivity index (χ1n) is 8.41. The summed E-state index contributed by atoms with van der Waals surface area (Å²) >= 11 is 0. The van der Waals surface area contributed by atoms with Crippen LogP contribution in [0.2, 0.25) is 0 Å². The summed E-state index contributed by atoms with van der Waals surface area (Å²) < 4.78 is 0. The second-order valence-corrected chi connectivity index (χ2v) is 6.70. The molecular weight excluding hydrogens is 364 g/mol. The van der Waals surface area contributed by atoms with Crippen molar-refractivity contribution in [3.63, 3.8) is 0 Å². The number of carbonyl (C=O) groups excluding carboxylic acids is 1. The van der Waals surface area contributed by atoms with E-state index in [-0.39, 0.29) is 39.5 Å². The number of benzene rings is 3. The van der Waals surface area contributed by atoms with Gasteiger partial charge in [0.15, 0.2) is 5.78 Å². The Morgan fingerprint density at radius 2 is 1.32 bits per heavy atom. The van der Waals surface area contributed by atoms with Crippen LogP contribution in [0.4, 0.5) is 0 Å². The monoisotopic (exact) mass is 380 g/mol. The lowest BCUT2D eigenvalue weighted by molar-refractivity contribution is 0.103. The van der Waals surface area contributed by atoms with Crippen molar-refractivity contribution in [2.24, 2.45) is 0 Å². The molecule has 28 heavy (non-hydrogen) atoms. The van der Waals surface area contributed by atoms with Crippen LogP contribution >= 0.6 is 0 Å². The van der Waals surface area contributed by atoms with Gasteiger partial charge in [0, 0.05) is 29.2 Å². The molecule has 4 rings (SSSR count). The summed E-state index contributed by atoms with van der Waals surface area (Å²) in [7, 11) is 0. The minimum Gasteiger partial charge on any atom is -0.508 e. The Balaban J connectivity index is 2.10. The molecule has 1 aliphatic rings. The number of phenols is 5. The quantitative estimate of drug-likeness (QED) is 0.381. The van der Waals surface area contributed by atoms with Crippen molar-refractivity contribution in [1.29, 1.82) is 0 Å². The fourth-order valence-electron chi connectivity index (χ4n) is 3.75. The Bertz CT molecular complexity index is 1100. The molecule has 0 aliphatic heterocycles. The van der Waals surface area contributed by atoms with Gasteiger partial charge >= 0.3 is 0 Å². The van der Waals surface area contributed by atoms with Crippen LogP contribution in [0.1, 0.15) is 44.6 Å². The highest BCUT2D eigenvalue weighted by Gasteiger charge is 2.39. The lowest BCUT2D eigenvalue weighted by Crippen LogP contribution is -2.13. The van der Waals surface area contributed by atoms with Gasteiger partial charge in [-0.05, 0) is 35.4 Å². The zero-order chi connectivity index (χ0) is 20.2. The average molecular weight is 380 g/mol. The Morgan fingerprint density at radius 3 is 2.00 bits per heavy atom. The number of aliphatic hydroxyl groups is 1. The molecule has 1 aliphatic carbocycles. The van der Waals surface area contributed by atoms with E-state index in [9.17, 15) is 35.4 Å². The molecular formula is C21H16O7. The number of hydrogen-bond donors (Lipinski definition) is 6. The van der Waals surface area contributed by atoms with E-state index in [1.54, 1.807) is 0 Å². The molecule has 142 valence electrons. The number of phenolic OH excluding ortho intramolecular Hbond substituents is 5. The van der Waals surface area contributed by atoms with Crippen molar-refractivity contribution in [2.75, 3.05) is 0 Å². The molecule has 7 heteroatoms. The van der Waals surface area contributed by atoms with Crippen molar-refractivity contribution in [3.8, 4) is 28.7 Å². The molecule has 0 unspecified atom stereocenters. The largest absolute Gasteiger partial charge is 0.508 e. The number of fused-ring (bicyclic) bond motifs is 2. The summed E-state index contributed by atoms with van der Waals surface area (Å²) in [6.07, 6.45) is -1.42. The van der Waals surface area contributed by atoms with Gasteiger partial charge in [0.2, 0.25) is 0 Å². The standard InChI is InChI=1S/C21H16O7/c22-10-3-1-9(2-4-10)17-18-13(5-11(23)7-15(18)25)21(28)19-14(20(17)27)6-12(24)8-16(19)26/h1-8,17,20,22-27H/t17-,20+/m1/s1. The summed E-state index contributed by atoms with van der Waals surface area (Å²) in [5.41, 5.74) is 0.204. The summed E-state index contributed by atoms with van der Waals surface area (Å²) in [6, 6.07) is 10.2. The van der Waals surface area contributed by atoms with Crippen molar-refractivity contribution < 1.29 is 35.4 Å².